The molecule has 0 atom stereocenters. The van der Waals surface area contributed by atoms with Gasteiger partial charge in [0.2, 0.25) is 0 Å². The number of fused-ring (bicyclic) bond motifs is 1. The van der Waals surface area contributed by atoms with Gasteiger partial charge in [-0.3, -0.25) is 4.79 Å². The minimum atomic E-state index is -0.0989. The molecule has 1 amide bonds. The Labute approximate surface area is 149 Å². The minimum Gasteiger partial charge on any atom is -0.490 e. The molecule has 0 saturated heterocycles. The number of halogens is 1. The molecule has 3 rings (SSSR count). The van der Waals surface area contributed by atoms with Crippen LogP contribution in [0.5, 0.6) is 11.5 Å². The molecular weight excluding hydrogens is 374 g/mol. The number of ether oxygens (including phenoxy) is 2. The Bertz CT molecular complexity index is 741. The van der Waals surface area contributed by atoms with E-state index in [1.807, 2.05) is 26.0 Å². The second kappa shape index (κ2) is 7.30. The number of rotatable bonds is 5. The molecule has 6 heteroatoms. The summed E-state index contributed by atoms with van der Waals surface area (Å²) < 4.78 is 17.3. The van der Waals surface area contributed by atoms with Gasteiger partial charge in [0.1, 0.15) is 0 Å². The van der Waals surface area contributed by atoms with Crippen LogP contribution in [0.1, 0.15) is 35.5 Å². The second-order valence-corrected chi connectivity index (χ2v) is 6.30. The number of nitrogens with zero attached hydrogens (tertiary/aromatic N) is 1. The summed E-state index contributed by atoms with van der Waals surface area (Å²) in [4.78, 5) is 14.4. The van der Waals surface area contributed by atoms with Crippen molar-refractivity contribution in [2.45, 2.75) is 26.8 Å². The quantitative estimate of drug-likeness (QED) is 0.768. The van der Waals surface area contributed by atoms with Gasteiger partial charge in [-0.15, -0.1) is 0 Å². The summed E-state index contributed by atoms with van der Waals surface area (Å²) in [5.74, 6) is 1.75. The number of carbonyl (C=O) groups excluding carboxylic acids is 1. The van der Waals surface area contributed by atoms with Crippen LogP contribution >= 0.6 is 15.9 Å². The van der Waals surface area contributed by atoms with Crippen molar-refractivity contribution in [1.82, 2.24) is 4.90 Å². The maximum absolute atomic E-state index is 12.6. The van der Waals surface area contributed by atoms with Gasteiger partial charge in [0.15, 0.2) is 21.9 Å². The Morgan fingerprint density at radius 1 is 1.17 bits per heavy atom. The lowest BCUT2D eigenvalue weighted by Gasteiger charge is -2.29. The Morgan fingerprint density at radius 2 is 1.83 bits per heavy atom. The highest BCUT2D eigenvalue weighted by Gasteiger charge is 2.25. The van der Waals surface area contributed by atoms with Gasteiger partial charge in [-0.2, -0.15) is 0 Å². The topological polar surface area (TPSA) is 51.9 Å². The highest BCUT2D eigenvalue weighted by molar-refractivity contribution is 9.10. The third-order valence-corrected chi connectivity index (χ3v) is 4.38. The molecule has 0 radical (unpaired) electrons. The van der Waals surface area contributed by atoms with E-state index >= 15 is 0 Å². The molecule has 0 unspecified atom stereocenters. The largest absolute Gasteiger partial charge is 0.490 e. The van der Waals surface area contributed by atoms with Gasteiger partial charge in [-0.25, -0.2) is 0 Å². The molecule has 5 nitrogen and oxygen atoms in total. The first-order valence-corrected chi connectivity index (χ1v) is 8.87. The van der Waals surface area contributed by atoms with E-state index in [4.69, 9.17) is 13.9 Å². The van der Waals surface area contributed by atoms with Gasteiger partial charge in [0.05, 0.1) is 13.2 Å². The molecule has 0 aliphatic carbocycles. The van der Waals surface area contributed by atoms with Crippen LogP contribution in [0.4, 0.5) is 0 Å². The molecule has 24 heavy (non-hydrogen) atoms. The van der Waals surface area contributed by atoms with E-state index < -0.39 is 0 Å². The maximum atomic E-state index is 12.6. The number of carbonyl (C=O) groups is 1. The van der Waals surface area contributed by atoms with Crippen molar-refractivity contribution in [1.29, 1.82) is 0 Å². The number of hydrogen-bond acceptors (Lipinski definition) is 4. The van der Waals surface area contributed by atoms with E-state index in [2.05, 4.69) is 15.9 Å². The molecule has 2 heterocycles. The predicted molar refractivity (Wildman–Crippen MR) is 93.6 cm³/mol. The third kappa shape index (κ3) is 3.43. The minimum absolute atomic E-state index is 0.0989. The van der Waals surface area contributed by atoms with Crippen molar-refractivity contribution >= 4 is 21.8 Å². The van der Waals surface area contributed by atoms with Crippen molar-refractivity contribution < 1.29 is 18.7 Å². The Hall–Kier alpha value is -1.95. The third-order valence-electron chi connectivity index (χ3n) is 3.95. The van der Waals surface area contributed by atoms with Crippen LogP contribution < -0.4 is 9.47 Å². The molecule has 0 saturated carbocycles. The maximum Gasteiger partial charge on any atom is 0.289 e. The molecule has 1 aromatic heterocycles. The summed E-state index contributed by atoms with van der Waals surface area (Å²) >= 11 is 3.23. The zero-order valence-corrected chi connectivity index (χ0v) is 15.4. The number of hydrogen-bond donors (Lipinski definition) is 0. The van der Waals surface area contributed by atoms with E-state index in [1.165, 1.54) is 5.56 Å². The number of benzene rings is 1. The summed E-state index contributed by atoms with van der Waals surface area (Å²) in [6.45, 7) is 6.26. The van der Waals surface area contributed by atoms with Crippen LogP contribution in [0.2, 0.25) is 0 Å². The summed E-state index contributed by atoms with van der Waals surface area (Å²) in [6.07, 6.45) is 0.787. The van der Waals surface area contributed by atoms with E-state index in [0.717, 1.165) is 23.5 Å². The summed E-state index contributed by atoms with van der Waals surface area (Å²) in [7, 11) is 0. The van der Waals surface area contributed by atoms with Crippen LogP contribution in [-0.4, -0.2) is 30.6 Å². The van der Waals surface area contributed by atoms with Gasteiger partial charge >= 0.3 is 0 Å². The first-order valence-electron chi connectivity index (χ1n) is 8.08. The van der Waals surface area contributed by atoms with Gasteiger partial charge < -0.3 is 18.8 Å². The fourth-order valence-electron chi connectivity index (χ4n) is 2.86. The average Bonchev–Trinajstić information content (AvgIpc) is 3.01. The Morgan fingerprint density at radius 3 is 2.42 bits per heavy atom. The van der Waals surface area contributed by atoms with E-state index in [-0.39, 0.29) is 5.91 Å². The first-order chi connectivity index (χ1) is 11.6. The number of amides is 1. The van der Waals surface area contributed by atoms with Gasteiger partial charge in [-0.1, -0.05) is 0 Å². The van der Waals surface area contributed by atoms with Crippen LogP contribution in [0.25, 0.3) is 0 Å². The highest BCUT2D eigenvalue weighted by Crippen LogP contribution is 2.34. The summed E-state index contributed by atoms with van der Waals surface area (Å²) in [5.41, 5.74) is 2.29. The molecule has 0 fully saturated rings. The fourth-order valence-corrected chi connectivity index (χ4v) is 3.17. The average molecular weight is 394 g/mol. The molecule has 0 N–H and O–H groups in total. The van der Waals surface area contributed by atoms with Crippen LogP contribution in [0.15, 0.2) is 33.4 Å². The zero-order chi connectivity index (χ0) is 17.1. The SMILES string of the molecule is CCOc1cc2c(cc1OCC)CN(C(=O)c1ccc(Br)o1)CC2. The van der Waals surface area contributed by atoms with Crippen molar-refractivity contribution in [3.63, 3.8) is 0 Å². The lowest BCUT2D eigenvalue weighted by atomic mass is 9.98. The molecule has 0 spiro atoms. The van der Waals surface area contributed by atoms with Crippen molar-refractivity contribution in [3.05, 3.63) is 45.8 Å². The summed E-state index contributed by atoms with van der Waals surface area (Å²) in [6, 6.07) is 7.44. The second-order valence-electron chi connectivity index (χ2n) is 5.51. The Balaban J connectivity index is 1.84. The molecule has 2 aromatic rings. The van der Waals surface area contributed by atoms with Crippen molar-refractivity contribution in [2.75, 3.05) is 19.8 Å². The standard InChI is InChI=1S/C18H20BrNO4/c1-3-22-15-9-12-7-8-20(11-13(12)10-16(15)23-4-2)18(21)14-5-6-17(19)24-14/h5-6,9-10H,3-4,7-8,11H2,1-2H3. The van der Waals surface area contributed by atoms with Crippen molar-refractivity contribution in [3.8, 4) is 11.5 Å². The molecule has 1 aromatic carbocycles. The normalized spacial score (nSPS) is 13.5. The molecule has 128 valence electrons. The van der Waals surface area contributed by atoms with Gasteiger partial charge in [-0.05, 0) is 71.6 Å². The van der Waals surface area contributed by atoms with Crippen LogP contribution in [0.3, 0.4) is 0 Å². The van der Waals surface area contributed by atoms with E-state index in [0.29, 0.717) is 36.7 Å². The lowest BCUT2D eigenvalue weighted by molar-refractivity contribution is 0.0700. The fraction of sp³-hybridized carbons (Fsp3) is 0.389. The van der Waals surface area contributed by atoms with E-state index in [1.54, 1.807) is 17.0 Å². The molecular formula is C18H20BrNO4. The van der Waals surface area contributed by atoms with Crippen molar-refractivity contribution in [2.24, 2.45) is 0 Å². The van der Waals surface area contributed by atoms with Gasteiger partial charge in [0, 0.05) is 13.1 Å². The summed E-state index contributed by atoms with van der Waals surface area (Å²) in [5, 5.41) is 0. The predicted octanol–water partition coefficient (Wildman–Crippen LogP) is 4.04. The lowest BCUT2D eigenvalue weighted by Crippen LogP contribution is -2.35. The molecule has 1 aliphatic rings. The highest BCUT2D eigenvalue weighted by atomic mass is 79.9. The van der Waals surface area contributed by atoms with Crippen LogP contribution in [0, 0.1) is 0 Å². The first kappa shape index (κ1) is 16.9. The molecule has 1 aliphatic heterocycles. The smallest absolute Gasteiger partial charge is 0.289 e. The number of furan rings is 1. The monoisotopic (exact) mass is 393 g/mol. The molecule has 0 bridgehead atoms. The van der Waals surface area contributed by atoms with Crippen LogP contribution in [-0.2, 0) is 13.0 Å². The Kier molecular flexibility index (Phi) is 5.14. The van der Waals surface area contributed by atoms with E-state index in [9.17, 15) is 4.79 Å². The zero-order valence-electron chi connectivity index (χ0n) is 13.8. The van der Waals surface area contributed by atoms with Gasteiger partial charge in [0.25, 0.3) is 5.91 Å².